The topological polar surface area (TPSA) is 142 Å². The number of hydrogen-bond donors (Lipinski definition) is 0. The van der Waals surface area contributed by atoms with Crippen LogP contribution in [0.3, 0.4) is 0 Å². The van der Waals surface area contributed by atoms with Crippen LogP contribution < -0.4 is 18.9 Å². The van der Waals surface area contributed by atoms with Crippen molar-refractivity contribution in [3.63, 3.8) is 0 Å². The van der Waals surface area contributed by atoms with Crippen molar-refractivity contribution in [1.29, 1.82) is 0 Å². The Morgan fingerprint density at radius 1 is 0.319 bits per heavy atom. The second-order valence-corrected chi connectivity index (χ2v) is 25.5. The monoisotopic (exact) mass is 1060 g/mol. The average molecular weight is 1070 g/mol. The molecular formula is C56H72O12S4. The van der Waals surface area contributed by atoms with E-state index in [2.05, 4.69) is 132 Å². The molecule has 1 heterocycles. The van der Waals surface area contributed by atoms with Gasteiger partial charge in [-0.2, -0.15) is 0 Å². The van der Waals surface area contributed by atoms with E-state index >= 15 is 0 Å². The van der Waals surface area contributed by atoms with Gasteiger partial charge in [-0.3, -0.25) is 19.2 Å². The molecule has 72 heavy (non-hydrogen) atoms. The molecule has 0 N–H and O–H groups in total. The van der Waals surface area contributed by atoms with Gasteiger partial charge in [0.1, 0.15) is 0 Å². The van der Waals surface area contributed by atoms with Gasteiger partial charge in [0, 0.05) is 25.7 Å². The highest BCUT2D eigenvalue weighted by Gasteiger charge is 2.31. The van der Waals surface area contributed by atoms with E-state index in [0.717, 1.165) is 22.3 Å². The summed E-state index contributed by atoms with van der Waals surface area (Å²) in [7, 11) is 0. The lowest BCUT2D eigenvalue weighted by molar-refractivity contribution is -0.150. The highest BCUT2D eigenvalue weighted by atomic mass is 32.2. The fraction of sp³-hybridized carbons (Fsp3) is 0.500. The number of fused-ring (bicyclic) bond motifs is 8. The van der Waals surface area contributed by atoms with Gasteiger partial charge < -0.3 is 37.9 Å². The highest BCUT2D eigenvalue weighted by Crippen LogP contribution is 2.56. The molecule has 0 amide bonds. The van der Waals surface area contributed by atoms with Crippen molar-refractivity contribution in [3.05, 3.63) is 70.8 Å². The molecule has 16 heteroatoms. The first kappa shape index (κ1) is 58.3. The second kappa shape index (κ2) is 24.6. The predicted molar refractivity (Wildman–Crippen MR) is 285 cm³/mol. The van der Waals surface area contributed by atoms with Crippen LogP contribution in [0.4, 0.5) is 0 Å². The molecule has 12 nitrogen and oxygen atoms in total. The van der Waals surface area contributed by atoms with Gasteiger partial charge >= 0.3 is 23.9 Å². The van der Waals surface area contributed by atoms with E-state index in [1.807, 2.05) is 0 Å². The lowest BCUT2D eigenvalue weighted by Gasteiger charge is -2.28. The summed E-state index contributed by atoms with van der Waals surface area (Å²) >= 11 is 5.67. The maximum atomic E-state index is 12.6. The third-order valence-corrected chi connectivity index (χ3v) is 15.5. The van der Waals surface area contributed by atoms with Gasteiger partial charge in [0.05, 0.1) is 39.2 Å². The van der Waals surface area contributed by atoms with E-state index < -0.39 is 23.9 Å². The first-order valence-electron chi connectivity index (χ1n) is 24.3. The molecule has 0 saturated heterocycles. The largest absolute Gasteiger partial charge is 0.455 e. The van der Waals surface area contributed by atoms with Crippen molar-refractivity contribution >= 4 is 70.9 Å². The van der Waals surface area contributed by atoms with Crippen LogP contribution in [0.15, 0.2) is 87.7 Å². The zero-order valence-electron chi connectivity index (χ0n) is 44.8. The summed E-state index contributed by atoms with van der Waals surface area (Å²) in [5, 5.41) is 0. The van der Waals surface area contributed by atoms with E-state index in [1.165, 1.54) is 47.0 Å². The Morgan fingerprint density at radius 3 is 0.597 bits per heavy atom. The summed E-state index contributed by atoms with van der Waals surface area (Å²) in [5.41, 5.74) is 2.51. The van der Waals surface area contributed by atoms with E-state index in [1.54, 1.807) is 27.7 Å². The van der Waals surface area contributed by atoms with E-state index in [4.69, 9.17) is 37.9 Å². The molecular weight excluding hydrogens is 993 g/mol. The van der Waals surface area contributed by atoms with Crippen molar-refractivity contribution in [3.8, 4) is 23.0 Å². The van der Waals surface area contributed by atoms with E-state index in [9.17, 15) is 19.2 Å². The molecule has 4 aromatic rings. The number of benzene rings is 4. The van der Waals surface area contributed by atoms with Crippen LogP contribution in [0.25, 0.3) is 0 Å². The SMILES string of the molecule is CCC(=O)OCOc1c2cc(C(C)(C)C)cc1Sc1cc(C(C)(C)C)cc(c1OCOC(=O)CC)Sc1cc(C(C)(C)C)cc(c1OCOC(=O)CC)Sc1cc(C(C)(C)C)cc(c1OCOC(=O)CC)S2. The molecule has 0 fully saturated rings. The van der Waals surface area contributed by atoms with Crippen molar-refractivity contribution in [1.82, 2.24) is 0 Å². The Hall–Kier alpha value is -4.64. The van der Waals surface area contributed by atoms with Crippen molar-refractivity contribution in [2.75, 3.05) is 27.2 Å². The van der Waals surface area contributed by atoms with Crippen LogP contribution in [0.5, 0.6) is 23.0 Å². The Morgan fingerprint density at radius 2 is 0.472 bits per heavy atom. The Balaban J connectivity index is 2.02. The third kappa shape index (κ3) is 15.7. The van der Waals surface area contributed by atoms with Gasteiger partial charge in [-0.25, -0.2) is 0 Å². The van der Waals surface area contributed by atoms with E-state index in [0.29, 0.717) is 62.2 Å². The molecule has 0 unspecified atom stereocenters. The fourth-order valence-corrected chi connectivity index (χ4v) is 11.5. The third-order valence-electron chi connectivity index (χ3n) is 11.3. The normalized spacial score (nSPS) is 12.9. The predicted octanol–water partition coefficient (Wildman–Crippen LogP) is 15.0. The minimum absolute atomic E-state index is 0.165. The molecule has 1 aliphatic heterocycles. The number of carbonyl (C=O) groups is 4. The first-order valence-corrected chi connectivity index (χ1v) is 27.5. The highest BCUT2D eigenvalue weighted by molar-refractivity contribution is 8.01. The smallest absolute Gasteiger partial charge is 0.308 e. The lowest BCUT2D eigenvalue weighted by atomic mass is 9.87. The summed E-state index contributed by atoms with van der Waals surface area (Å²) in [6.45, 7) is 31.1. The zero-order valence-corrected chi connectivity index (χ0v) is 48.1. The maximum Gasteiger partial charge on any atom is 0.308 e. The number of rotatable bonds is 16. The van der Waals surface area contributed by atoms with Crippen LogP contribution in [-0.4, -0.2) is 51.0 Å². The molecule has 0 aromatic heterocycles. The van der Waals surface area contributed by atoms with Gasteiger partial charge in [-0.15, -0.1) is 0 Å². The molecule has 0 spiro atoms. The zero-order chi connectivity index (χ0) is 53.3. The van der Waals surface area contributed by atoms with Crippen molar-refractivity contribution in [2.45, 2.75) is 197 Å². The molecule has 4 aromatic carbocycles. The Bertz CT molecular complexity index is 2160. The van der Waals surface area contributed by atoms with Crippen LogP contribution in [-0.2, 0) is 59.8 Å². The molecule has 1 aliphatic rings. The van der Waals surface area contributed by atoms with Gasteiger partial charge in [-0.05, 0) is 92.4 Å². The Kier molecular flexibility index (Phi) is 19.9. The van der Waals surface area contributed by atoms with Crippen LogP contribution in [0.1, 0.15) is 159 Å². The second-order valence-electron chi connectivity index (χ2n) is 21.1. The molecule has 5 rings (SSSR count). The summed E-state index contributed by atoms with van der Waals surface area (Å²) in [6.07, 6.45) is 0.659. The van der Waals surface area contributed by atoms with Crippen LogP contribution in [0, 0.1) is 0 Å². The van der Waals surface area contributed by atoms with Crippen LogP contribution in [0.2, 0.25) is 0 Å². The maximum absolute atomic E-state index is 12.6. The lowest BCUT2D eigenvalue weighted by Crippen LogP contribution is -2.15. The van der Waals surface area contributed by atoms with Crippen LogP contribution >= 0.6 is 47.0 Å². The molecule has 0 atom stereocenters. The summed E-state index contributed by atoms with van der Waals surface area (Å²) in [5.74, 6) is 0.116. The quantitative estimate of drug-likeness (QED) is 0.0525. The number of carbonyl (C=O) groups excluding carboxylic acids is 4. The van der Waals surface area contributed by atoms with Gasteiger partial charge in [0.2, 0.25) is 27.2 Å². The number of hydrogen-bond acceptors (Lipinski definition) is 16. The minimum atomic E-state index is -0.419. The van der Waals surface area contributed by atoms with Gasteiger partial charge in [-0.1, -0.05) is 158 Å². The summed E-state index contributed by atoms with van der Waals surface area (Å²) < 4.78 is 48.8. The molecule has 392 valence electrons. The Labute approximate surface area is 443 Å². The van der Waals surface area contributed by atoms with Crippen molar-refractivity contribution < 1.29 is 57.1 Å². The summed E-state index contributed by atoms with van der Waals surface area (Å²) in [4.78, 5) is 56.1. The van der Waals surface area contributed by atoms with E-state index in [-0.39, 0.29) is 74.5 Å². The molecule has 0 aliphatic carbocycles. The average Bonchev–Trinajstić information content (AvgIpc) is 3.29. The number of esters is 4. The number of ether oxygens (including phenoxy) is 8. The first-order chi connectivity index (χ1) is 33.7. The molecule has 8 bridgehead atoms. The summed E-state index contributed by atoms with van der Waals surface area (Å²) in [6, 6.07) is 16.7. The minimum Gasteiger partial charge on any atom is -0.455 e. The fourth-order valence-electron chi connectivity index (χ4n) is 6.71. The molecule has 0 radical (unpaired) electrons. The van der Waals surface area contributed by atoms with Gasteiger partial charge in [0.25, 0.3) is 0 Å². The molecule has 0 saturated carbocycles. The van der Waals surface area contributed by atoms with Gasteiger partial charge in [0.15, 0.2) is 23.0 Å². The standard InChI is InChI=1S/C56H72O12S4/c1-17-45(57)61-29-65-49-37-21-33(53(5,6)7)22-38(49)70-40-24-35(55(11,12)13)26-42(51(40)67-31-63-47(59)19-3)72-44-28-36(56(14,15)16)27-43(52(44)68-32-64-48(60)20-4)71-41-25-34(54(8,9)10)23-39(69-37)50(41)66-30-62-46(58)18-2/h21-28H,17-20,29-32H2,1-16H3. The van der Waals surface area contributed by atoms with Crippen molar-refractivity contribution in [2.24, 2.45) is 0 Å².